The van der Waals surface area contributed by atoms with Gasteiger partial charge in [-0.15, -0.1) is 0 Å². The lowest BCUT2D eigenvalue weighted by atomic mass is 10.1. The molecule has 0 aromatic heterocycles. The van der Waals surface area contributed by atoms with Crippen LogP contribution in [0.5, 0.6) is 5.75 Å². The van der Waals surface area contributed by atoms with E-state index in [1.165, 1.54) is 19.2 Å². The van der Waals surface area contributed by atoms with Crippen LogP contribution in [-0.2, 0) is 0 Å². The first kappa shape index (κ1) is 11.2. The van der Waals surface area contributed by atoms with Gasteiger partial charge < -0.3 is 4.74 Å². The van der Waals surface area contributed by atoms with E-state index in [9.17, 15) is 9.59 Å². The molecule has 0 radical (unpaired) electrons. The molecular formula is C10H6ClNO3. The summed E-state index contributed by atoms with van der Waals surface area (Å²) in [6.07, 6.45) is 0.531. The van der Waals surface area contributed by atoms with E-state index in [2.05, 4.69) is 0 Å². The molecule has 0 unspecified atom stereocenters. The van der Waals surface area contributed by atoms with Gasteiger partial charge >= 0.3 is 0 Å². The summed E-state index contributed by atoms with van der Waals surface area (Å²) in [5.41, 5.74) is 0.322. The Labute approximate surface area is 91.0 Å². The molecule has 1 rings (SSSR count). The van der Waals surface area contributed by atoms with Crippen LogP contribution in [0.25, 0.3) is 0 Å². The molecule has 1 aromatic rings. The molecule has 0 heterocycles. The fourth-order valence-electron chi connectivity index (χ4n) is 1.17. The van der Waals surface area contributed by atoms with Crippen molar-refractivity contribution in [1.29, 1.82) is 5.26 Å². The zero-order valence-corrected chi connectivity index (χ0v) is 8.54. The summed E-state index contributed by atoms with van der Waals surface area (Å²) in [5.74, 6) is 0.0862. The van der Waals surface area contributed by atoms with Crippen LogP contribution < -0.4 is 4.74 Å². The highest BCUT2D eigenvalue weighted by Gasteiger charge is 2.15. The van der Waals surface area contributed by atoms with Gasteiger partial charge in [-0.1, -0.05) is 0 Å². The van der Waals surface area contributed by atoms with Crippen molar-refractivity contribution in [2.75, 3.05) is 7.11 Å². The van der Waals surface area contributed by atoms with Crippen molar-refractivity contribution in [2.24, 2.45) is 0 Å². The molecule has 0 N–H and O–H groups in total. The summed E-state index contributed by atoms with van der Waals surface area (Å²) in [5, 5.41) is 8.00. The quantitative estimate of drug-likeness (QED) is 0.578. The molecule has 0 aliphatic carbocycles. The first-order chi connectivity index (χ1) is 7.13. The molecule has 4 nitrogen and oxygen atoms in total. The van der Waals surface area contributed by atoms with Crippen molar-refractivity contribution in [3.8, 4) is 11.8 Å². The smallest absolute Gasteiger partial charge is 0.256 e. The van der Waals surface area contributed by atoms with E-state index in [-0.39, 0.29) is 22.4 Å². The molecule has 0 bridgehead atoms. The third kappa shape index (κ3) is 2.14. The lowest BCUT2D eigenvalue weighted by Crippen LogP contribution is -2.00. The summed E-state index contributed by atoms with van der Waals surface area (Å²) < 4.78 is 4.88. The second kappa shape index (κ2) is 4.58. The van der Waals surface area contributed by atoms with Crippen LogP contribution in [0.4, 0.5) is 0 Å². The van der Waals surface area contributed by atoms with Gasteiger partial charge in [0.15, 0.2) is 0 Å². The highest BCUT2D eigenvalue weighted by molar-refractivity contribution is 6.68. The average Bonchev–Trinajstić information content (AvgIpc) is 2.26. The van der Waals surface area contributed by atoms with Crippen molar-refractivity contribution in [3.05, 3.63) is 28.8 Å². The number of rotatable bonds is 3. The standard InChI is InChI=1S/C10H6ClNO3/c1-15-9-7(4-12)2-6(5-13)3-8(9)10(11)14/h2-3,5H,1H3. The van der Waals surface area contributed by atoms with Gasteiger partial charge in [-0.05, 0) is 23.7 Å². The van der Waals surface area contributed by atoms with Crippen LogP contribution in [0.1, 0.15) is 26.3 Å². The molecule has 0 fully saturated rings. The minimum atomic E-state index is -0.771. The Morgan fingerprint density at radius 1 is 1.60 bits per heavy atom. The molecule has 0 amide bonds. The van der Waals surface area contributed by atoms with Gasteiger partial charge in [0.25, 0.3) is 5.24 Å². The van der Waals surface area contributed by atoms with E-state index in [4.69, 9.17) is 21.6 Å². The maximum Gasteiger partial charge on any atom is 0.256 e. The van der Waals surface area contributed by atoms with Crippen molar-refractivity contribution in [2.45, 2.75) is 0 Å². The molecular weight excluding hydrogens is 218 g/mol. The number of ether oxygens (including phenoxy) is 1. The Hall–Kier alpha value is -1.86. The highest BCUT2D eigenvalue weighted by Crippen LogP contribution is 2.26. The third-order valence-electron chi connectivity index (χ3n) is 1.78. The van der Waals surface area contributed by atoms with Crippen LogP contribution in [-0.4, -0.2) is 18.6 Å². The Bertz CT molecular complexity index is 462. The SMILES string of the molecule is COc1c(C#N)cc(C=O)cc1C(=O)Cl. The Morgan fingerprint density at radius 2 is 2.27 bits per heavy atom. The van der Waals surface area contributed by atoms with Gasteiger partial charge in [0, 0.05) is 5.56 Å². The van der Waals surface area contributed by atoms with E-state index in [0.29, 0.717) is 6.29 Å². The molecule has 1 aromatic carbocycles. The number of nitrogens with zero attached hydrogens (tertiary/aromatic N) is 1. The lowest BCUT2D eigenvalue weighted by molar-refractivity contribution is 0.107. The fraction of sp³-hybridized carbons (Fsp3) is 0.100. The van der Waals surface area contributed by atoms with Crippen molar-refractivity contribution >= 4 is 23.1 Å². The van der Waals surface area contributed by atoms with Gasteiger partial charge in [-0.25, -0.2) is 0 Å². The number of methoxy groups -OCH3 is 1. The number of nitriles is 1. The maximum absolute atomic E-state index is 11.0. The summed E-state index contributed by atoms with van der Waals surface area (Å²) in [7, 11) is 1.32. The second-order valence-electron chi connectivity index (χ2n) is 2.65. The maximum atomic E-state index is 11.0. The van der Waals surface area contributed by atoms with E-state index in [0.717, 1.165) is 0 Å². The average molecular weight is 224 g/mol. The third-order valence-corrected chi connectivity index (χ3v) is 1.99. The zero-order chi connectivity index (χ0) is 11.4. The Morgan fingerprint density at radius 3 is 2.67 bits per heavy atom. The summed E-state index contributed by atoms with van der Waals surface area (Å²) >= 11 is 5.30. The Balaban J connectivity index is 3.54. The minimum absolute atomic E-state index is 0.0142. The van der Waals surface area contributed by atoms with Gasteiger partial charge in [-0.3, -0.25) is 9.59 Å². The van der Waals surface area contributed by atoms with E-state index in [1.807, 2.05) is 6.07 Å². The van der Waals surface area contributed by atoms with E-state index in [1.54, 1.807) is 0 Å². The van der Waals surface area contributed by atoms with Crippen molar-refractivity contribution in [1.82, 2.24) is 0 Å². The van der Waals surface area contributed by atoms with Gasteiger partial charge in [0.05, 0.1) is 18.2 Å². The molecule has 0 aliphatic heterocycles. The molecule has 76 valence electrons. The number of hydrogen-bond donors (Lipinski definition) is 0. The van der Waals surface area contributed by atoms with Crippen LogP contribution in [0, 0.1) is 11.3 Å². The largest absolute Gasteiger partial charge is 0.495 e. The fourth-order valence-corrected chi connectivity index (χ4v) is 1.31. The molecule has 0 saturated heterocycles. The molecule has 0 atom stereocenters. The van der Waals surface area contributed by atoms with Crippen LogP contribution in [0.15, 0.2) is 12.1 Å². The highest BCUT2D eigenvalue weighted by atomic mass is 35.5. The number of carbonyl (C=O) groups is 2. The number of carbonyl (C=O) groups excluding carboxylic acids is 2. The first-order valence-corrected chi connectivity index (χ1v) is 4.29. The number of benzene rings is 1. The minimum Gasteiger partial charge on any atom is -0.495 e. The normalized spacial score (nSPS) is 9.13. The lowest BCUT2D eigenvalue weighted by Gasteiger charge is -2.07. The monoisotopic (exact) mass is 223 g/mol. The van der Waals surface area contributed by atoms with Crippen LogP contribution in [0.3, 0.4) is 0 Å². The predicted molar refractivity (Wildman–Crippen MR) is 53.3 cm³/mol. The van der Waals surface area contributed by atoms with E-state index >= 15 is 0 Å². The molecule has 15 heavy (non-hydrogen) atoms. The Kier molecular flexibility index (Phi) is 3.42. The molecule has 0 spiro atoms. The first-order valence-electron chi connectivity index (χ1n) is 3.91. The zero-order valence-electron chi connectivity index (χ0n) is 7.78. The molecule has 5 heteroatoms. The van der Waals surface area contributed by atoms with Crippen LogP contribution in [0.2, 0.25) is 0 Å². The number of aldehydes is 1. The predicted octanol–water partition coefficient (Wildman–Crippen LogP) is 1.76. The van der Waals surface area contributed by atoms with E-state index < -0.39 is 5.24 Å². The number of halogens is 1. The van der Waals surface area contributed by atoms with Crippen molar-refractivity contribution < 1.29 is 14.3 Å². The summed E-state index contributed by atoms with van der Waals surface area (Å²) in [6, 6.07) is 4.43. The van der Waals surface area contributed by atoms with Crippen molar-refractivity contribution in [3.63, 3.8) is 0 Å². The second-order valence-corrected chi connectivity index (χ2v) is 3.00. The van der Waals surface area contributed by atoms with Gasteiger partial charge in [0.1, 0.15) is 18.1 Å². The molecule has 0 saturated carbocycles. The topological polar surface area (TPSA) is 67.2 Å². The number of hydrogen-bond acceptors (Lipinski definition) is 4. The molecule has 0 aliphatic rings. The summed E-state index contributed by atoms with van der Waals surface area (Å²) in [6.45, 7) is 0. The summed E-state index contributed by atoms with van der Waals surface area (Å²) in [4.78, 5) is 21.6. The van der Waals surface area contributed by atoms with Gasteiger partial charge in [0.2, 0.25) is 0 Å². The van der Waals surface area contributed by atoms with Crippen LogP contribution >= 0.6 is 11.6 Å². The van der Waals surface area contributed by atoms with Gasteiger partial charge in [-0.2, -0.15) is 5.26 Å².